The number of rotatable bonds is 6. The molecular formula is C32H33NO4. The lowest BCUT2D eigenvalue weighted by Gasteiger charge is -2.38. The Bertz CT molecular complexity index is 1310. The van der Waals surface area contributed by atoms with Crippen molar-refractivity contribution in [3.05, 3.63) is 106 Å². The SMILES string of the molecule is COc1ccc(COC(=O)C2=C(C)NC3=C(C(=O)CC(C)C3)C2C2C=CC(c3ccccc3)=CC2)cc1. The fourth-order valence-electron chi connectivity index (χ4n) is 5.66. The molecular weight excluding hydrogens is 462 g/mol. The number of nitrogens with one attached hydrogen (secondary N) is 1. The van der Waals surface area contributed by atoms with Gasteiger partial charge in [-0.05, 0) is 60.4 Å². The summed E-state index contributed by atoms with van der Waals surface area (Å²) in [5.74, 6) is 0.448. The number of carbonyl (C=O) groups is 2. The largest absolute Gasteiger partial charge is 0.497 e. The van der Waals surface area contributed by atoms with Crippen LogP contribution in [-0.2, 0) is 20.9 Å². The zero-order valence-corrected chi connectivity index (χ0v) is 21.6. The molecule has 3 atom stereocenters. The van der Waals surface area contributed by atoms with Crippen LogP contribution in [0.1, 0.15) is 44.2 Å². The molecule has 2 aromatic carbocycles. The summed E-state index contributed by atoms with van der Waals surface area (Å²) >= 11 is 0. The van der Waals surface area contributed by atoms with Crippen LogP contribution in [0, 0.1) is 17.8 Å². The van der Waals surface area contributed by atoms with Gasteiger partial charge in [-0.2, -0.15) is 0 Å². The molecule has 5 rings (SSSR count). The maximum atomic E-state index is 13.6. The highest BCUT2D eigenvalue weighted by Gasteiger charge is 2.42. The highest BCUT2D eigenvalue weighted by molar-refractivity contribution is 6.02. The number of benzene rings is 2. The molecule has 0 spiro atoms. The number of esters is 1. The van der Waals surface area contributed by atoms with Crippen LogP contribution in [0.3, 0.4) is 0 Å². The number of hydrogen-bond acceptors (Lipinski definition) is 5. The molecule has 1 heterocycles. The third kappa shape index (κ3) is 5.17. The second-order valence-corrected chi connectivity index (χ2v) is 10.2. The zero-order valence-electron chi connectivity index (χ0n) is 21.6. The quantitative estimate of drug-likeness (QED) is 0.488. The van der Waals surface area contributed by atoms with E-state index in [4.69, 9.17) is 9.47 Å². The summed E-state index contributed by atoms with van der Waals surface area (Å²) in [6.07, 6.45) is 8.56. The Labute approximate surface area is 218 Å². The number of methoxy groups -OCH3 is 1. The molecule has 0 bridgehead atoms. The second-order valence-electron chi connectivity index (χ2n) is 10.2. The van der Waals surface area contributed by atoms with Crippen LogP contribution in [-0.4, -0.2) is 18.9 Å². The highest BCUT2D eigenvalue weighted by Crippen LogP contribution is 2.44. The Balaban J connectivity index is 1.43. The van der Waals surface area contributed by atoms with Gasteiger partial charge in [0.1, 0.15) is 12.4 Å². The first-order valence-corrected chi connectivity index (χ1v) is 12.9. The van der Waals surface area contributed by atoms with E-state index in [2.05, 4.69) is 42.6 Å². The Hall–Kier alpha value is -3.86. The van der Waals surface area contributed by atoms with Crippen LogP contribution < -0.4 is 10.1 Å². The van der Waals surface area contributed by atoms with E-state index in [1.807, 2.05) is 49.4 Å². The van der Waals surface area contributed by atoms with Crippen molar-refractivity contribution in [1.82, 2.24) is 5.32 Å². The van der Waals surface area contributed by atoms with Gasteiger partial charge in [0.2, 0.25) is 0 Å². The van der Waals surface area contributed by atoms with Gasteiger partial charge in [0.05, 0.1) is 12.7 Å². The summed E-state index contributed by atoms with van der Waals surface area (Å²) in [5.41, 5.74) is 6.25. The van der Waals surface area contributed by atoms with Gasteiger partial charge < -0.3 is 14.8 Å². The molecule has 3 aliphatic rings. The van der Waals surface area contributed by atoms with Crippen molar-refractivity contribution >= 4 is 17.3 Å². The van der Waals surface area contributed by atoms with E-state index < -0.39 is 0 Å². The van der Waals surface area contributed by atoms with Crippen molar-refractivity contribution < 1.29 is 19.1 Å². The first-order valence-electron chi connectivity index (χ1n) is 12.9. The van der Waals surface area contributed by atoms with E-state index in [0.717, 1.165) is 52.3 Å². The average molecular weight is 496 g/mol. The predicted octanol–water partition coefficient (Wildman–Crippen LogP) is 6.14. The number of Topliss-reactive ketones (excluding diaryl/α,β-unsaturated/α-hetero) is 1. The molecule has 1 aliphatic heterocycles. The number of ketones is 1. The molecule has 2 aliphatic carbocycles. The molecule has 0 radical (unpaired) electrons. The van der Waals surface area contributed by atoms with Gasteiger partial charge in [0.25, 0.3) is 0 Å². The number of ether oxygens (including phenoxy) is 2. The first-order chi connectivity index (χ1) is 17.9. The molecule has 5 nitrogen and oxygen atoms in total. The van der Waals surface area contributed by atoms with E-state index in [-0.39, 0.29) is 36.1 Å². The summed E-state index contributed by atoms with van der Waals surface area (Å²) in [7, 11) is 1.62. The summed E-state index contributed by atoms with van der Waals surface area (Å²) in [5, 5.41) is 3.41. The van der Waals surface area contributed by atoms with E-state index in [1.54, 1.807) is 7.11 Å². The molecule has 3 unspecified atom stereocenters. The van der Waals surface area contributed by atoms with Crippen LogP contribution in [0.25, 0.3) is 5.57 Å². The van der Waals surface area contributed by atoms with Gasteiger partial charge in [0.15, 0.2) is 5.78 Å². The minimum Gasteiger partial charge on any atom is -0.497 e. The van der Waals surface area contributed by atoms with Gasteiger partial charge in [-0.25, -0.2) is 4.79 Å². The average Bonchev–Trinajstić information content (AvgIpc) is 2.91. The molecule has 0 aromatic heterocycles. The van der Waals surface area contributed by atoms with Crippen LogP contribution >= 0.6 is 0 Å². The molecule has 5 heteroatoms. The molecule has 0 saturated carbocycles. The van der Waals surface area contributed by atoms with Crippen molar-refractivity contribution in [3.63, 3.8) is 0 Å². The van der Waals surface area contributed by atoms with Crippen molar-refractivity contribution in [2.45, 2.75) is 39.7 Å². The molecule has 0 amide bonds. The lowest BCUT2D eigenvalue weighted by atomic mass is 9.69. The first kappa shape index (κ1) is 24.8. The minimum atomic E-state index is -0.380. The van der Waals surface area contributed by atoms with Crippen molar-refractivity contribution in [2.75, 3.05) is 7.11 Å². The lowest BCUT2D eigenvalue weighted by Crippen LogP contribution is -2.39. The van der Waals surface area contributed by atoms with Crippen LogP contribution in [0.2, 0.25) is 0 Å². The van der Waals surface area contributed by atoms with Gasteiger partial charge in [0, 0.05) is 29.3 Å². The fraction of sp³-hybridized carbons (Fsp3) is 0.312. The van der Waals surface area contributed by atoms with E-state index >= 15 is 0 Å². The van der Waals surface area contributed by atoms with E-state index in [9.17, 15) is 9.59 Å². The Kier molecular flexibility index (Phi) is 7.13. The summed E-state index contributed by atoms with van der Waals surface area (Å²) in [6.45, 7) is 4.18. The molecule has 2 aromatic rings. The number of carbonyl (C=O) groups excluding carboxylic acids is 2. The Morgan fingerprint density at radius 3 is 2.49 bits per heavy atom. The molecule has 190 valence electrons. The highest BCUT2D eigenvalue weighted by atomic mass is 16.5. The maximum Gasteiger partial charge on any atom is 0.336 e. The fourth-order valence-corrected chi connectivity index (χ4v) is 5.66. The lowest BCUT2D eigenvalue weighted by molar-refractivity contribution is -0.141. The van der Waals surface area contributed by atoms with Gasteiger partial charge in [-0.3, -0.25) is 4.79 Å². The molecule has 0 saturated heterocycles. The molecule has 1 N–H and O–H groups in total. The minimum absolute atomic E-state index is 0.00425. The predicted molar refractivity (Wildman–Crippen MR) is 144 cm³/mol. The molecule has 0 fully saturated rings. The standard InChI is InChI=1S/C32H33NO4/c1-20-17-27-31(28(34)18-20)30(25-13-11-24(12-14-25)23-7-5-4-6-8-23)29(21(2)33-27)32(35)37-19-22-9-15-26(36-3)16-10-22/h4-13,15-16,20,25,30,33H,14,17-19H2,1-3H3. The monoisotopic (exact) mass is 495 g/mol. The van der Waals surface area contributed by atoms with Crippen molar-refractivity contribution in [1.29, 1.82) is 0 Å². The maximum absolute atomic E-state index is 13.6. The van der Waals surface area contributed by atoms with Gasteiger partial charge in [-0.15, -0.1) is 0 Å². The third-order valence-corrected chi connectivity index (χ3v) is 7.49. The summed E-state index contributed by atoms with van der Waals surface area (Å²) < 4.78 is 11.0. The van der Waals surface area contributed by atoms with Crippen molar-refractivity contribution in [2.24, 2.45) is 17.8 Å². The van der Waals surface area contributed by atoms with E-state index in [1.165, 1.54) is 0 Å². The van der Waals surface area contributed by atoms with Crippen LogP contribution in [0.4, 0.5) is 0 Å². The van der Waals surface area contributed by atoms with Gasteiger partial charge in [-0.1, -0.05) is 67.6 Å². The topological polar surface area (TPSA) is 64.6 Å². The molecule has 37 heavy (non-hydrogen) atoms. The second kappa shape index (κ2) is 10.6. The van der Waals surface area contributed by atoms with Crippen LogP contribution in [0.5, 0.6) is 5.75 Å². The summed E-state index contributed by atoms with van der Waals surface area (Å²) in [6, 6.07) is 17.7. The Morgan fingerprint density at radius 2 is 1.81 bits per heavy atom. The number of hydrogen-bond donors (Lipinski definition) is 1. The van der Waals surface area contributed by atoms with E-state index in [0.29, 0.717) is 12.0 Å². The van der Waals surface area contributed by atoms with Crippen molar-refractivity contribution in [3.8, 4) is 5.75 Å². The number of dihydropyridines is 1. The normalized spacial score (nSPS) is 23.3. The third-order valence-electron chi connectivity index (χ3n) is 7.49. The zero-order chi connectivity index (χ0) is 25.9. The summed E-state index contributed by atoms with van der Waals surface area (Å²) in [4.78, 5) is 26.9. The van der Waals surface area contributed by atoms with Gasteiger partial charge >= 0.3 is 5.97 Å². The Morgan fingerprint density at radius 1 is 1.05 bits per heavy atom. The van der Waals surface area contributed by atoms with Crippen LogP contribution in [0.15, 0.2) is 95.4 Å². The number of allylic oxidation sites excluding steroid dienone is 7. The smallest absolute Gasteiger partial charge is 0.336 e.